The van der Waals surface area contributed by atoms with Crippen LogP contribution in [0.15, 0.2) is 48.8 Å². The maximum atomic E-state index is 12.1. The van der Waals surface area contributed by atoms with Crippen LogP contribution in [0.2, 0.25) is 0 Å². The number of hydrogen-bond acceptors (Lipinski definition) is 3. The molecule has 0 saturated carbocycles. The molecular weight excluding hydrogens is 294 g/mol. The van der Waals surface area contributed by atoms with Gasteiger partial charge in [-0.3, -0.25) is 9.59 Å². The van der Waals surface area contributed by atoms with Crippen molar-refractivity contribution in [1.29, 1.82) is 0 Å². The number of benzene rings is 1. The maximum absolute atomic E-state index is 12.1. The third kappa shape index (κ3) is 3.78. The fourth-order valence-corrected chi connectivity index (χ4v) is 2.47. The average molecular weight is 313 g/mol. The van der Waals surface area contributed by atoms with E-state index in [-0.39, 0.29) is 18.4 Å². The molecule has 2 aromatic rings. The Morgan fingerprint density at radius 1 is 1.04 bits per heavy atom. The molecular formula is C17H19N3O3. The Hall–Kier alpha value is -2.60. The van der Waals surface area contributed by atoms with Crippen LogP contribution in [0.5, 0.6) is 0 Å². The van der Waals surface area contributed by atoms with E-state index in [9.17, 15) is 9.59 Å². The van der Waals surface area contributed by atoms with Crippen molar-refractivity contribution >= 4 is 11.8 Å². The zero-order chi connectivity index (χ0) is 16.1. The minimum atomic E-state index is -0.245. The number of aromatic nitrogens is 1. The highest BCUT2D eigenvalue weighted by atomic mass is 16.5. The van der Waals surface area contributed by atoms with Crippen molar-refractivity contribution in [2.24, 2.45) is 0 Å². The maximum Gasteiger partial charge on any atom is 0.251 e. The first-order valence-corrected chi connectivity index (χ1v) is 7.61. The zero-order valence-corrected chi connectivity index (χ0v) is 12.8. The molecule has 1 aromatic carbocycles. The molecule has 3 rings (SSSR count). The summed E-state index contributed by atoms with van der Waals surface area (Å²) in [5.41, 5.74) is 1.52. The van der Waals surface area contributed by atoms with Crippen molar-refractivity contribution < 1.29 is 14.3 Å². The van der Waals surface area contributed by atoms with E-state index < -0.39 is 0 Å². The number of nitrogens with one attached hydrogen (secondary N) is 1. The lowest BCUT2D eigenvalue weighted by Crippen LogP contribution is -2.45. The quantitative estimate of drug-likeness (QED) is 0.918. The Morgan fingerprint density at radius 3 is 2.35 bits per heavy atom. The summed E-state index contributed by atoms with van der Waals surface area (Å²) in [6, 6.07) is 11.1. The number of nitrogens with zero attached hydrogens (tertiary/aromatic N) is 2. The molecule has 6 heteroatoms. The smallest absolute Gasteiger partial charge is 0.251 e. The zero-order valence-electron chi connectivity index (χ0n) is 12.8. The van der Waals surface area contributed by atoms with Gasteiger partial charge in [0.2, 0.25) is 5.91 Å². The van der Waals surface area contributed by atoms with Gasteiger partial charge in [0.1, 0.15) is 0 Å². The van der Waals surface area contributed by atoms with Gasteiger partial charge in [0.25, 0.3) is 5.91 Å². The van der Waals surface area contributed by atoms with Crippen LogP contribution in [0.25, 0.3) is 5.69 Å². The summed E-state index contributed by atoms with van der Waals surface area (Å²) in [4.78, 5) is 25.8. The third-order valence-corrected chi connectivity index (χ3v) is 3.80. The number of carbonyl (C=O) groups excluding carboxylic acids is 2. The first-order valence-electron chi connectivity index (χ1n) is 7.61. The van der Waals surface area contributed by atoms with Crippen molar-refractivity contribution in [2.75, 3.05) is 32.8 Å². The van der Waals surface area contributed by atoms with E-state index in [1.165, 1.54) is 0 Å². The highest BCUT2D eigenvalue weighted by Crippen LogP contribution is 2.10. The fraction of sp³-hybridized carbons (Fsp3) is 0.294. The molecule has 1 fully saturated rings. The standard InChI is InChI=1S/C17H19N3O3/c21-16(20-9-11-23-12-10-20)13-18-17(22)14-3-5-15(6-4-14)19-7-1-2-8-19/h1-8H,9-13H2,(H,18,22). The number of carbonyl (C=O) groups is 2. The number of ether oxygens (including phenoxy) is 1. The van der Waals surface area contributed by atoms with Crippen LogP contribution >= 0.6 is 0 Å². The highest BCUT2D eigenvalue weighted by molar-refractivity contribution is 5.96. The number of rotatable bonds is 4. The van der Waals surface area contributed by atoms with Crippen molar-refractivity contribution in [2.45, 2.75) is 0 Å². The molecule has 1 aliphatic heterocycles. The summed E-state index contributed by atoms with van der Waals surface area (Å²) in [7, 11) is 0. The van der Waals surface area contributed by atoms with Crippen LogP contribution in [0.1, 0.15) is 10.4 Å². The van der Waals surface area contributed by atoms with Crippen molar-refractivity contribution in [3.8, 4) is 5.69 Å². The monoisotopic (exact) mass is 313 g/mol. The van der Waals surface area contributed by atoms with Gasteiger partial charge in [-0.05, 0) is 36.4 Å². The average Bonchev–Trinajstić information content (AvgIpc) is 3.15. The van der Waals surface area contributed by atoms with E-state index in [2.05, 4.69) is 5.32 Å². The Kier molecular flexibility index (Phi) is 4.73. The van der Waals surface area contributed by atoms with Crippen LogP contribution in [0, 0.1) is 0 Å². The topological polar surface area (TPSA) is 63.6 Å². The minimum absolute atomic E-state index is 0.0121. The van der Waals surface area contributed by atoms with Gasteiger partial charge in [-0.1, -0.05) is 0 Å². The molecule has 0 atom stereocenters. The molecule has 23 heavy (non-hydrogen) atoms. The second kappa shape index (κ2) is 7.11. The molecule has 2 amide bonds. The molecule has 0 radical (unpaired) electrons. The van der Waals surface area contributed by atoms with Crippen molar-refractivity contribution in [3.63, 3.8) is 0 Å². The summed E-state index contributed by atoms with van der Waals surface area (Å²) in [6.07, 6.45) is 3.88. The molecule has 120 valence electrons. The van der Waals surface area contributed by atoms with Crippen LogP contribution in [0.3, 0.4) is 0 Å². The van der Waals surface area contributed by atoms with E-state index in [1.807, 2.05) is 41.2 Å². The van der Waals surface area contributed by atoms with E-state index in [0.29, 0.717) is 31.9 Å². The van der Waals surface area contributed by atoms with Gasteiger partial charge < -0.3 is 19.5 Å². The number of morpholine rings is 1. The van der Waals surface area contributed by atoms with Crippen LogP contribution in [-0.4, -0.2) is 54.1 Å². The van der Waals surface area contributed by atoms with E-state index >= 15 is 0 Å². The summed E-state index contributed by atoms with van der Waals surface area (Å²) < 4.78 is 7.17. The van der Waals surface area contributed by atoms with E-state index in [1.54, 1.807) is 17.0 Å². The Bertz CT molecular complexity index is 659. The molecule has 1 saturated heterocycles. The van der Waals surface area contributed by atoms with Gasteiger partial charge in [0, 0.05) is 36.7 Å². The van der Waals surface area contributed by atoms with Crippen LogP contribution < -0.4 is 5.32 Å². The molecule has 2 heterocycles. The lowest BCUT2D eigenvalue weighted by Gasteiger charge is -2.26. The SMILES string of the molecule is O=C(NCC(=O)N1CCOCC1)c1ccc(-n2cccc2)cc1. The second-order valence-electron chi connectivity index (χ2n) is 5.31. The molecule has 0 spiro atoms. The first-order chi connectivity index (χ1) is 11.2. The summed E-state index contributed by atoms with van der Waals surface area (Å²) >= 11 is 0. The minimum Gasteiger partial charge on any atom is -0.378 e. The van der Waals surface area contributed by atoms with Gasteiger partial charge in [0.15, 0.2) is 0 Å². The Balaban J connectivity index is 1.54. The van der Waals surface area contributed by atoms with E-state index in [0.717, 1.165) is 5.69 Å². The van der Waals surface area contributed by atoms with Gasteiger partial charge in [0.05, 0.1) is 19.8 Å². The van der Waals surface area contributed by atoms with Crippen LogP contribution in [-0.2, 0) is 9.53 Å². The first kappa shape index (κ1) is 15.3. The molecule has 0 bridgehead atoms. The van der Waals surface area contributed by atoms with Gasteiger partial charge in [-0.25, -0.2) is 0 Å². The fourth-order valence-electron chi connectivity index (χ4n) is 2.47. The normalized spacial score (nSPS) is 14.5. The van der Waals surface area contributed by atoms with Gasteiger partial charge in [-0.15, -0.1) is 0 Å². The largest absolute Gasteiger partial charge is 0.378 e. The Morgan fingerprint density at radius 2 is 1.70 bits per heavy atom. The molecule has 1 aromatic heterocycles. The van der Waals surface area contributed by atoms with Gasteiger partial charge >= 0.3 is 0 Å². The molecule has 1 aliphatic rings. The van der Waals surface area contributed by atoms with Gasteiger partial charge in [-0.2, -0.15) is 0 Å². The lowest BCUT2D eigenvalue weighted by atomic mass is 10.2. The highest BCUT2D eigenvalue weighted by Gasteiger charge is 2.17. The molecule has 6 nitrogen and oxygen atoms in total. The second-order valence-corrected chi connectivity index (χ2v) is 5.31. The molecule has 0 unspecified atom stereocenters. The van der Waals surface area contributed by atoms with Crippen LogP contribution in [0.4, 0.5) is 0 Å². The predicted molar refractivity (Wildman–Crippen MR) is 85.5 cm³/mol. The number of hydrogen-bond donors (Lipinski definition) is 1. The van der Waals surface area contributed by atoms with Crippen molar-refractivity contribution in [3.05, 3.63) is 54.4 Å². The molecule has 1 N–H and O–H groups in total. The summed E-state index contributed by atoms with van der Waals surface area (Å²) in [6.45, 7) is 2.29. The van der Waals surface area contributed by atoms with E-state index in [4.69, 9.17) is 4.74 Å². The Labute approximate surface area is 134 Å². The lowest BCUT2D eigenvalue weighted by molar-refractivity contribution is -0.134. The summed E-state index contributed by atoms with van der Waals surface area (Å²) in [5, 5.41) is 2.67. The summed E-state index contributed by atoms with van der Waals surface area (Å²) in [5.74, 6) is -0.323. The number of amides is 2. The third-order valence-electron chi connectivity index (χ3n) is 3.80. The predicted octanol–water partition coefficient (Wildman–Crippen LogP) is 1.07. The molecule has 0 aliphatic carbocycles. The van der Waals surface area contributed by atoms with Crippen molar-refractivity contribution in [1.82, 2.24) is 14.8 Å².